The van der Waals surface area contributed by atoms with Crippen LogP contribution in [0.5, 0.6) is 0 Å². The molecule has 0 N–H and O–H groups in total. The first kappa shape index (κ1) is 6.49. The van der Waals surface area contributed by atoms with Crippen LogP contribution in [0.1, 0.15) is 6.92 Å². The van der Waals surface area contributed by atoms with Gasteiger partial charge in [0.25, 0.3) is 0 Å². The van der Waals surface area contributed by atoms with Crippen molar-refractivity contribution in [1.82, 2.24) is 4.90 Å². The van der Waals surface area contributed by atoms with Crippen molar-refractivity contribution in [2.45, 2.75) is 13.0 Å². The van der Waals surface area contributed by atoms with E-state index in [0.717, 1.165) is 13.1 Å². The fourth-order valence-electron chi connectivity index (χ4n) is 0.796. The summed E-state index contributed by atoms with van der Waals surface area (Å²) < 4.78 is 0. The Morgan fingerprint density at radius 1 is 1.78 bits per heavy atom. The van der Waals surface area contributed by atoms with Gasteiger partial charge in [0, 0.05) is 13.1 Å². The molecule has 2 nitrogen and oxygen atoms in total. The van der Waals surface area contributed by atoms with Crippen molar-refractivity contribution in [1.29, 1.82) is 0 Å². The van der Waals surface area contributed by atoms with Crippen LogP contribution in [0.4, 0.5) is 0 Å². The minimum Gasteiger partial charge on any atom is -0.293 e. The molecular formula is C7H11NO. The van der Waals surface area contributed by atoms with E-state index in [9.17, 15) is 4.79 Å². The fourth-order valence-corrected chi connectivity index (χ4v) is 0.796. The van der Waals surface area contributed by atoms with Crippen LogP contribution in [0.2, 0.25) is 0 Å². The maximum atomic E-state index is 10.8. The molecule has 50 valence electrons. The van der Waals surface area contributed by atoms with Crippen LogP contribution in [-0.4, -0.2) is 29.8 Å². The molecule has 1 heterocycles. The molecule has 1 aliphatic heterocycles. The number of hydrogen-bond acceptors (Lipinski definition) is 2. The average molecular weight is 125 g/mol. The van der Waals surface area contributed by atoms with Crippen LogP contribution >= 0.6 is 0 Å². The lowest BCUT2D eigenvalue weighted by atomic mass is 10.2. The van der Waals surface area contributed by atoms with Crippen molar-refractivity contribution in [2.24, 2.45) is 0 Å². The molecule has 2 heteroatoms. The van der Waals surface area contributed by atoms with Crippen LogP contribution in [0.3, 0.4) is 0 Å². The van der Waals surface area contributed by atoms with Gasteiger partial charge in [-0.25, -0.2) is 0 Å². The second-order valence-corrected chi connectivity index (χ2v) is 2.32. The van der Waals surface area contributed by atoms with Crippen molar-refractivity contribution in [2.75, 3.05) is 13.1 Å². The van der Waals surface area contributed by atoms with Crippen LogP contribution in [-0.2, 0) is 4.79 Å². The number of rotatable bonds is 3. The van der Waals surface area contributed by atoms with Crippen molar-refractivity contribution in [3.8, 4) is 0 Å². The summed E-state index contributed by atoms with van der Waals surface area (Å²) in [5.74, 6) is 0.132. The zero-order valence-electron chi connectivity index (χ0n) is 5.63. The molecule has 1 saturated heterocycles. The monoisotopic (exact) mass is 125 g/mol. The molecule has 0 aromatic heterocycles. The predicted molar refractivity (Wildman–Crippen MR) is 36.2 cm³/mol. The summed E-state index contributed by atoms with van der Waals surface area (Å²) in [5, 5.41) is 0. The predicted octanol–water partition coefficient (Wildman–Crippen LogP) is 0.446. The number of carbonyl (C=O) groups excluding carboxylic acids is 1. The molecule has 1 unspecified atom stereocenters. The van der Waals surface area contributed by atoms with Gasteiger partial charge in [0.1, 0.15) is 0 Å². The standard InChI is InChI=1S/C7H11NO/c1-3-7(9)6(2)8-4-5-8/h3,6H,1,4-5H2,2H3. The van der Waals surface area contributed by atoms with Crippen molar-refractivity contribution in [3.63, 3.8) is 0 Å². The Morgan fingerprint density at radius 3 is 2.67 bits per heavy atom. The Bertz CT molecular complexity index is 138. The summed E-state index contributed by atoms with van der Waals surface area (Å²) in [5.41, 5.74) is 0. The first-order valence-corrected chi connectivity index (χ1v) is 3.16. The third-order valence-corrected chi connectivity index (χ3v) is 1.64. The minimum atomic E-state index is 0.0718. The van der Waals surface area contributed by atoms with Crippen LogP contribution < -0.4 is 0 Å². The zero-order valence-corrected chi connectivity index (χ0v) is 5.63. The quantitative estimate of drug-likeness (QED) is 0.403. The molecule has 1 aliphatic rings. The lowest BCUT2D eigenvalue weighted by Crippen LogP contribution is -2.23. The Kier molecular flexibility index (Phi) is 1.67. The second-order valence-electron chi connectivity index (χ2n) is 2.32. The maximum absolute atomic E-state index is 10.8. The molecule has 0 spiro atoms. The molecule has 0 radical (unpaired) electrons. The van der Waals surface area contributed by atoms with E-state index in [1.807, 2.05) is 6.92 Å². The lowest BCUT2D eigenvalue weighted by molar-refractivity contribution is -0.117. The van der Waals surface area contributed by atoms with Gasteiger partial charge in [-0.05, 0) is 13.0 Å². The molecule has 1 fully saturated rings. The van der Waals surface area contributed by atoms with Gasteiger partial charge in [-0.3, -0.25) is 9.69 Å². The van der Waals surface area contributed by atoms with Gasteiger partial charge in [0.15, 0.2) is 5.78 Å². The largest absolute Gasteiger partial charge is 0.293 e. The highest BCUT2D eigenvalue weighted by Crippen LogP contribution is 2.10. The van der Waals surface area contributed by atoms with E-state index in [1.54, 1.807) is 0 Å². The summed E-state index contributed by atoms with van der Waals surface area (Å²) in [6.45, 7) is 7.47. The topological polar surface area (TPSA) is 20.1 Å². The number of nitrogens with zero attached hydrogens (tertiary/aromatic N) is 1. The molecule has 9 heavy (non-hydrogen) atoms. The van der Waals surface area contributed by atoms with Crippen LogP contribution in [0.15, 0.2) is 12.7 Å². The first-order chi connectivity index (χ1) is 4.25. The Hall–Kier alpha value is -0.630. The molecule has 0 aromatic carbocycles. The Morgan fingerprint density at radius 2 is 2.33 bits per heavy atom. The van der Waals surface area contributed by atoms with Gasteiger partial charge >= 0.3 is 0 Å². The van der Waals surface area contributed by atoms with E-state index >= 15 is 0 Å². The zero-order chi connectivity index (χ0) is 6.85. The summed E-state index contributed by atoms with van der Waals surface area (Å²) in [4.78, 5) is 12.9. The van der Waals surface area contributed by atoms with Gasteiger partial charge in [-0.2, -0.15) is 0 Å². The van der Waals surface area contributed by atoms with E-state index in [-0.39, 0.29) is 11.8 Å². The number of ketones is 1. The summed E-state index contributed by atoms with van der Waals surface area (Å²) >= 11 is 0. The molecule has 0 amide bonds. The third kappa shape index (κ3) is 1.39. The van der Waals surface area contributed by atoms with Gasteiger partial charge in [-0.15, -0.1) is 0 Å². The van der Waals surface area contributed by atoms with E-state index in [0.29, 0.717) is 0 Å². The van der Waals surface area contributed by atoms with Crippen molar-refractivity contribution in [3.05, 3.63) is 12.7 Å². The lowest BCUT2D eigenvalue weighted by Gasteiger charge is -2.05. The van der Waals surface area contributed by atoms with E-state index in [4.69, 9.17) is 0 Å². The highest BCUT2D eigenvalue weighted by atomic mass is 16.1. The third-order valence-electron chi connectivity index (χ3n) is 1.64. The van der Waals surface area contributed by atoms with E-state index < -0.39 is 0 Å². The van der Waals surface area contributed by atoms with Crippen LogP contribution in [0, 0.1) is 0 Å². The first-order valence-electron chi connectivity index (χ1n) is 3.16. The van der Waals surface area contributed by atoms with Gasteiger partial charge in [0.05, 0.1) is 6.04 Å². The smallest absolute Gasteiger partial charge is 0.171 e. The molecule has 0 aliphatic carbocycles. The van der Waals surface area contributed by atoms with Crippen molar-refractivity contribution >= 4 is 5.78 Å². The number of carbonyl (C=O) groups is 1. The SMILES string of the molecule is C=CC(=O)C(C)N1CC1. The Balaban J connectivity index is 2.39. The maximum Gasteiger partial charge on any atom is 0.171 e. The molecule has 1 rings (SSSR count). The molecule has 0 bridgehead atoms. The van der Waals surface area contributed by atoms with Crippen LogP contribution in [0.25, 0.3) is 0 Å². The Labute approximate surface area is 55.2 Å². The molecular weight excluding hydrogens is 114 g/mol. The summed E-state index contributed by atoms with van der Waals surface area (Å²) in [6, 6.07) is 0.0718. The normalized spacial score (nSPS) is 21.0. The fraction of sp³-hybridized carbons (Fsp3) is 0.571. The highest BCUT2D eigenvalue weighted by Gasteiger charge is 2.27. The number of hydrogen-bond donors (Lipinski definition) is 0. The van der Waals surface area contributed by atoms with Gasteiger partial charge < -0.3 is 0 Å². The average Bonchev–Trinajstić information content (AvgIpc) is 2.66. The molecule has 1 atom stereocenters. The summed E-state index contributed by atoms with van der Waals surface area (Å²) in [7, 11) is 0. The van der Waals surface area contributed by atoms with Crippen molar-refractivity contribution < 1.29 is 4.79 Å². The summed E-state index contributed by atoms with van der Waals surface area (Å²) in [6.07, 6.45) is 1.39. The van der Waals surface area contributed by atoms with E-state index in [1.165, 1.54) is 6.08 Å². The second kappa shape index (κ2) is 2.31. The van der Waals surface area contributed by atoms with E-state index in [2.05, 4.69) is 11.5 Å². The van der Waals surface area contributed by atoms with Gasteiger partial charge in [0.2, 0.25) is 0 Å². The highest BCUT2D eigenvalue weighted by molar-refractivity contribution is 5.93. The van der Waals surface area contributed by atoms with Gasteiger partial charge in [-0.1, -0.05) is 6.58 Å². The molecule has 0 saturated carbocycles. The molecule has 0 aromatic rings. The minimum absolute atomic E-state index is 0.0718.